The van der Waals surface area contributed by atoms with Gasteiger partial charge in [0.2, 0.25) is 0 Å². The summed E-state index contributed by atoms with van der Waals surface area (Å²) < 4.78 is 5.52. The highest BCUT2D eigenvalue weighted by Gasteiger charge is 2.32. The first-order valence-electron chi connectivity index (χ1n) is 8.72. The Labute approximate surface area is 145 Å². The molecule has 1 N–H and O–H groups in total. The van der Waals surface area contributed by atoms with Crippen LogP contribution in [0.5, 0.6) is 0 Å². The van der Waals surface area contributed by atoms with Gasteiger partial charge >= 0.3 is 6.09 Å². The molecule has 0 aliphatic carbocycles. The number of aromatic nitrogens is 1. The average Bonchev–Trinajstić information content (AvgIpc) is 2.54. The Hall–Kier alpha value is -1.82. The van der Waals surface area contributed by atoms with Gasteiger partial charge in [-0.05, 0) is 46.2 Å². The molecule has 1 amide bonds. The van der Waals surface area contributed by atoms with E-state index in [-0.39, 0.29) is 12.3 Å². The van der Waals surface area contributed by atoms with Crippen LogP contribution in [0.4, 0.5) is 10.6 Å². The zero-order valence-corrected chi connectivity index (χ0v) is 15.5. The van der Waals surface area contributed by atoms with Crippen molar-refractivity contribution in [3.05, 3.63) is 24.4 Å². The van der Waals surface area contributed by atoms with Gasteiger partial charge in [0.25, 0.3) is 0 Å². The van der Waals surface area contributed by atoms with E-state index < -0.39 is 5.60 Å². The molecule has 0 saturated carbocycles. The van der Waals surface area contributed by atoms with Crippen LogP contribution < -0.4 is 10.2 Å². The number of ether oxygens (including phenoxy) is 1. The largest absolute Gasteiger partial charge is 0.444 e. The summed E-state index contributed by atoms with van der Waals surface area (Å²) >= 11 is 0. The topological polar surface area (TPSA) is 57.7 Å². The molecule has 6 nitrogen and oxygen atoms in total. The molecule has 134 valence electrons. The zero-order valence-electron chi connectivity index (χ0n) is 15.5. The molecule has 2 heterocycles. The van der Waals surface area contributed by atoms with Gasteiger partial charge in [-0.25, -0.2) is 9.78 Å². The highest BCUT2D eigenvalue weighted by molar-refractivity contribution is 5.68. The summed E-state index contributed by atoms with van der Waals surface area (Å²) in [5.41, 5.74) is -0.477. The fraction of sp³-hybridized carbons (Fsp3) is 0.667. The molecule has 1 aromatic heterocycles. The van der Waals surface area contributed by atoms with Crippen molar-refractivity contribution in [1.29, 1.82) is 0 Å². The van der Waals surface area contributed by atoms with Gasteiger partial charge in [-0.2, -0.15) is 0 Å². The van der Waals surface area contributed by atoms with E-state index in [1.54, 1.807) is 11.1 Å². The number of hydrogen-bond acceptors (Lipinski definition) is 5. The molecule has 0 aromatic carbocycles. The third kappa shape index (κ3) is 5.09. The van der Waals surface area contributed by atoms with E-state index in [0.717, 1.165) is 18.8 Å². The molecule has 6 heteroatoms. The van der Waals surface area contributed by atoms with Crippen molar-refractivity contribution in [3.63, 3.8) is 0 Å². The van der Waals surface area contributed by atoms with Crippen molar-refractivity contribution in [3.8, 4) is 0 Å². The molecule has 1 aromatic rings. The molecule has 0 radical (unpaired) electrons. The maximum Gasteiger partial charge on any atom is 0.410 e. The lowest BCUT2D eigenvalue weighted by atomic mass is 10.2. The minimum Gasteiger partial charge on any atom is -0.444 e. The van der Waals surface area contributed by atoms with Crippen LogP contribution in [-0.2, 0) is 4.74 Å². The Morgan fingerprint density at radius 2 is 2.17 bits per heavy atom. The number of anilines is 1. The van der Waals surface area contributed by atoms with Crippen LogP contribution in [-0.4, -0.2) is 53.4 Å². The number of rotatable bonds is 4. The maximum atomic E-state index is 12.4. The van der Waals surface area contributed by atoms with Crippen LogP contribution in [0.25, 0.3) is 0 Å². The monoisotopic (exact) mass is 334 g/mol. The van der Waals surface area contributed by atoms with Crippen LogP contribution in [0.3, 0.4) is 0 Å². The van der Waals surface area contributed by atoms with Crippen LogP contribution in [0.1, 0.15) is 41.0 Å². The van der Waals surface area contributed by atoms with Crippen molar-refractivity contribution in [2.24, 2.45) is 0 Å². The summed E-state index contributed by atoms with van der Waals surface area (Å²) in [6.07, 6.45) is 2.60. The number of carbonyl (C=O) groups excluding carboxylic acids is 1. The Kier molecular flexibility index (Phi) is 6.04. The number of carbonyl (C=O) groups is 1. The molecule has 1 fully saturated rings. The molecule has 2 atom stereocenters. The molecule has 2 unspecified atom stereocenters. The Morgan fingerprint density at radius 1 is 1.42 bits per heavy atom. The number of hydrogen-bond donors (Lipinski definition) is 1. The minimum absolute atomic E-state index is 0.0242. The molecule has 0 bridgehead atoms. The molecule has 1 aliphatic rings. The fourth-order valence-electron chi connectivity index (χ4n) is 2.66. The van der Waals surface area contributed by atoms with Crippen LogP contribution in [0.15, 0.2) is 24.4 Å². The fourth-order valence-corrected chi connectivity index (χ4v) is 2.66. The van der Waals surface area contributed by atoms with E-state index >= 15 is 0 Å². The van der Waals surface area contributed by atoms with Crippen molar-refractivity contribution in [2.45, 2.75) is 58.8 Å². The Bertz CT molecular complexity index is 530. The van der Waals surface area contributed by atoms with E-state index in [2.05, 4.69) is 29.0 Å². The number of nitrogens with one attached hydrogen (secondary N) is 1. The van der Waals surface area contributed by atoms with E-state index in [0.29, 0.717) is 19.1 Å². The standard InChI is InChI=1S/C18H30N4O2/c1-6-14(2)20-16-13-21(17(23)24-18(3,4)5)11-12-22(16)15-9-7-8-10-19-15/h7-10,14,16,20H,6,11-13H2,1-5H3. The van der Waals surface area contributed by atoms with Gasteiger partial charge in [-0.3, -0.25) is 5.32 Å². The molecule has 2 rings (SSSR count). The second-order valence-electron chi connectivity index (χ2n) is 7.30. The third-order valence-corrected chi connectivity index (χ3v) is 4.06. The summed E-state index contributed by atoms with van der Waals surface area (Å²) in [6, 6.07) is 6.27. The second kappa shape index (κ2) is 7.83. The first kappa shape index (κ1) is 18.5. The van der Waals surface area contributed by atoms with Gasteiger partial charge in [0.1, 0.15) is 11.4 Å². The number of pyridine rings is 1. The lowest BCUT2D eigenvalue weighted by Gasteiger charge is -2.43. The first-order chi connectivity index (χ1) is 11.3. The number of piperazine rings is 1. The van der Waals surface area contributed by atoms with Gasteiger partial charge in [0, 0.05) is 25.3 Å². The zero-order chi connectivity index (χ0) is 17.7. The van der Waals surface area contributed by atoms with Crippen LogP contribution >= 0.6 is 0 Å². The minimum atomic E-state index is -0.477. The SMILES string of the molecule is CCC(C)NC1CN(C(=O)OC(C)(C)C)CCN1c1ccccn1. The first-order valence-corrected chi connectivity index (χ1v) is 8.72. The van der Waals surface area contributed by atoms with Crippen molar-refractivity contribution < 1.29 is 9.53 Å². The second-order valence-corrected chi connectivity index (χ2v) is 7.30. The van der Waals surface area contributed by atoms with Gasteiger partial charge in [-0.15, -0.1) is 0 Å². The molecule has 24 heavy (non-hydrogen) atoms. The van der Waals surface area contributed by atoms with Crippen molar-refractivity contribution in [1.82, 2.24) is 15.2 Å². The van der Waals surface area contributed by atoms with Gasteiger partial charge in [-0.1, -0.05) is 13.0 Å². The molecular weight excluding hydrogens is 304 g/mol. The highest BCUT2D eigenvalue weighted by Crippen LogP contribution is 2.19. The van der Waals surface area contributed by atoms with Crippen LogP contribution in [0.2, 0.25) is 0 Å². The average molecular weight is 334 g/mol. The van der Waals surface area contributed by atoms with Gasteiger partial charge in [0.05, 0.1) is 12.7 Å². The smallest absolute Gasteiger partial charge is 0.410 e. The summed E-state index contributed by atoms with van der Waals surface area (Å²) in [5, 5.41) is 3.60. The van der Waals surface area contributed by atoms with Gasteiger partial charge in [0.15, 0.2) is 0 Å². The van der Waals surface area contributed by atoms with Crippen LogP contribution in [0, 0.1) is 0 Å². The molecular formula is C18H30N4O2. The number of nitrogens with zero attached hydrogens (tertiary/aromatic N) is 3. The Morgan fingerprint density at radius 3 is 2.75 bits per heavy atom. The molecule has 0 spiro atoms. The van der Waals surface area contributed by atoms with E-state index in [9.17, 15) is 4.79 Å². The predicted octanol–water partition coefficient (Wildman–Crippen LogP) is 2.85. The number of amides is 1. The lowest BCUT2D eigenvalue weighted by molar-refractivity contribution is 0.0200. The normalized spacial score (nSPS) is 20.0. The third-order valence-electron chi connectivity index (χ3n) is 4.06. The predicted molar refractivity (Wildman–Crippen MR) is 96.1 cm³/mol. The summed E-state index contributed by atoms with van der Waals surface area (Å²) in [5.74, 6) is 0.933. The summed E-state index contributed by atoms with van der Waals surface area (Å²) in [7, 11) is 0. The van der Waals surface area contributed by atoms with Crippen molar-refractivity contribution >= 4 is 11.9 Å². The summed E-state index contributed by atoms with van der Waals surface area (Å²) in [6.45, 7) is 11.9. The lowest BCUT2D eigenvalue weighted by Crippen LogP contribution is -2.62. The van der Waals surface area contributed by atoms with E-state index in [1.807, 2.05) is 39.0 Å². The van der Waals surface area contributed by atoms with E-state index in [4.69, 9.17) is 4.74 Å². The Balaban J connectivity index is 2.11. The quantitative estimate of drug-likeness (QED) is 0.917. The highest BCUT2D eigenvalue weighted by atomic mass is 16.6. The molecule has 1 aliphatic heterocycles. The van der Waals surface area contributed by atoms with Crippen molar-refractivity contribution in [2.75, 3.05) is 24.5 Å². The van der Waals surface area contributed by atoms with Gasteiger partial charge < -0.3 is 14.5 Å². The summed E-state index contributed by atoms with van der Waals surface area (Å²) in [4.78, 5) is 20.9. The van der Waals surface area contributed by atoms with E-state index in [1.165, 1.54) is 0 Å². The molecule has 1 saturated heterocycles. The maximum absolute atomic E-state index is 12.4.